The number of hydrogen-bond donors (Lipinski definition) is 2. The number of anilines is 1. The van der Waals surface area contributed by atoms with Crippen LogP contribution >= 0.6 is 11.3 Å². The Bertz CT molecular complexity index is 935. The average molecular weight is 388 g/mol. The van der Waals surface area contributed by atoms with Crippen LogP contribution in [0.3, 0.4) is 0 Å². The topological polar surface area (TPSA) is 91.4 Å². The summed E-state index contributed by atoms with van der Waals surface area (Å²) in [4.78, 5) is 43.3. The molecule has 0 saturated carbocycles. The molecule has 0 radical (unpaired) electrons. The van der Waals surface area contributed by atoms with Crippen LogP contribution in [0.2, 0.25) is 0 Å². The first-order valence-electron chi connectivity index (χ1n) is 8.12. The van der Waals surface area contributed by atoms with Gasteiger partial charge in [-0.05, 0) is 38.4 Å². The molecule has 0 fully saturated rings. The molecule has 1 aromatic heterocycles. The Kier molecular flexibility index (Phi) is 5.43. The molecule has 2 N–H and O–H groups in total. The van der Waals surface area contributed by atoms with Crippen molar-refractivity contribution in [2.75, 3.05) is 32.5 Å². The van der Waals surface area contributed by atoms with Crippen LogP contribution in [-0.4, -0.2) is 54.5 Å². The molecular weight excluding hydrogens is 371 g/mol. The lowest BCUT2D eigenvalue weighted by Gasteiger charge is -2.15. The molecule has 0 saturated heterocycles. The van der Waals surface area contributed by atoms with Gasteiger partial charge in [0.05, 0.1) is 5.70 Å². The first-order chi connectivity index (χ1) is 12.8. The second-order valence-corrected chi connectivity index (χ2v) is 7.14. The van der Waals surface area contributed by atoms with Gasteiger partial charge in [0.1, 0.15) is 16.4 Å². The van der Waals surface area contributed by atoms with Crippen LogP contribution in [0.1, 0.15) is 30.0 Å². The van der Waals surface area contributed by atoms with Crippen molar-refractivity contribution in [3.8, 4) is 0 Å². The number of hydrogen-bond acceptors (Lipinski definition) is 7. The molecule has 140 valence electrons. The van der Waals surface area contributed by atoms with E-state index in [1.54, 1.807) is 0 Å². The van der Waals surface area contributed by atoms with Gasteiger partial charge < -0.3 is 15.5 Å². The van der Waals surface area contributed by atoms with Crippen molar-refractivity contribution in [1.82, 2.24) is 15.2 Å². The SMILES string of the molecule is CN(C)CCNC1=CC(=O)c2sc(C(=O)Nc3ccc(F)cc3)nc2C1=O. The summed E-state index contributed by atoms with van der Waals surface area (Å²) in [5, 5.41) is 5.49. The van der Waals surface area contributed by atoms with Gasteiger partial charge in [-0.25, -0.2) is 9.37 Å². The molecule has 27 heavy (non-hydrogen) atoms. The number of carbonyl (C=O) groups is 3. The molecular formula is C18H17FN4O3S. The van der Waals surface area contributed by atoms with E-state index in [0.29, 0.717) is 18.8 Å². The van der Waals surface area contributed by atoms with E-state index in [2.05, 4.69) is 15.6 Å². The van der Waals surface area contributed by atoms with Crippen molar-refractivity contribution in [3.05, 3.63) is 57.4 Å². The fraction of sp³-hybridized carbons (Fsp3) is 0.222. The summed E-state index contributed by atoms with van der Waals surface area (Å²) in [6, 6.07) is 5.24. The highest BCUT2D eigenvalue weighted by molar-refractivity contribution is 7.16. The number of fused-ring (bicyclic) bond motifs is 1. The number of rotatable bonds is 6. The summed E-state index contributed by atoms with van der Waals surface area (Å²) < 4.78 is 12.9. The summed E-state index contributed by atoms with van der Waals surface area (Å²) in [5.41, 5.74) is 0.533. The van der Waals surface area contributed by atoms with Gasteiger partial charge >= 0.3 is 0 Å². The maximum Gasteiger partial charge on any atom is 0.284 e. The van der Waals surface area contributed by atoms with E-state index >= 15 is 0 Å². The molecule has 3 rings (SSSR count). The summed E-state index contributed by atoms with van der Waals surface area (Å²) >= 11 is 0.860. The number of nitrogens with zero attached hydrogens (tertiary/aromatic N) is 2. The fourth-order valence-corrected chi connectivity index (χ4v) is 3.26. The van der Waals surface area contributed by atoms with Gasteiger partial charge in [0, 0.05) is 24.9 Å². The van der Waals surface area contributed by atoms with Gasteiger partial charge in [-0.2, -0.15) is 0 Å². The number of benzene rings is 1. The van der Waals surface area contributed by atoms with Crippen LogP contribution < -0.4 is 10.6 Å². The van der Waals surface area contributed by atoms with Crippen molar-refractivity contribution in [2.24, 2.45) is 0 Å². The summed E-state index contributed by atoms with van der Waals surface area (Å²) in [5.74, 6) is -1.77. The van der Waals surface area contributed by atoms with E-state index in [-0.39, 0.29) is 27.1 Å². The smallest absolute Gasteiger partial charge is 0.284 e. The number of Topliss-reactive ketones (excluding diaryl/α,β-unsaturated/α-hetero) is 1. The summed E-state index contributed by atoms with van der Waals surface area (Å²) in [6.45, 7) is 1.18. The highest BCUT2D eigenvalue weighted by Gasteiger charge is 2.31. The number of amides is 1. The minimum atomic E-state index is -0.566. The third-order valence-electron chi connectivity index (χ3n) is 3.76. The molecule has 0 unspecified atom stereocenters. The Labute approximate surface area is 158 Å². The quantitative estimate of drug-likeness (QED) is 0.786. The lowest BCUT2D eigenvalue weighted by molar-refractivity contribution is 0.0976. The largest absolute Gasteiger partial charge is 0.380 e. The number of carbonyl (C=O) groups excluding carboxylic acids is 3. The van der Waals surface area contributed by atoms with Crippen LogP contribution in [0.5, 0.6) is 0 Å². The Morgan fingerprint density at radius 1 is 1.22 bits per heavy atom. The molecule has 1 aliphatic rings. The zero-order chi connectivity index (χ0) is 19.6. The minimum absolute atomic E-state index is 0.00559. The summed E-state index contributed by atoms with van der Waals surface area (Å²) in [6.07, 6.45) is 1.24. The van der Waals surface area contributed by atoms with Crippen LogP contribution in [0.25, 0.3) is 0 Å². The first-order valence-corrected chi connectivity index (χ1v) is 8.94. The van der Waals surface area contributed by atoms with E-state index in [1.807, 2.05) is 19.0 Å². The van der Waals surface area contributed by atoms with Crippen molar-refractivity contribution in [1.29, 1.82) is 0 Å². The second kappa shape index (κ2) is 7.77. The molecule has 0 atom stereocenters. The highest BCUT2D eigenvalue weighted by atomic mass is 32.1. The van der Waals surface area contributed by atoms with Gasteiger partial charge in [-0.15, -0.1) is 11.3 Å². The molecule has 7 nitrogen and oxygen atoms in total. The normalized spacial score (nSPS) is 13.4. The molecule has 9 heteroatoms. The highest BCUT2D eigenvalue weighted by Crippen LogP contribution is 2.26. The zero-order valence-corrected chi connectivity index (χ0v) is 15.5. The molecule has 2 aromatic rings. The zero-order valence-electron chi connectivity index (χ0n) is 14.7. The van der Waals surface area contributed by atoms with Crippen LogP contribution in [0.4, 0.5) is 10.1 Å². The van der Waals surface area contributed by atoms with E-state index in [9.17, 15) is 18.8 Å². The van der Waals surface area contributed by atoms with E-state index in [0.717, 1.165) is 11.3 Å². The number of nitrogens with one attached hydrogen (secondary N) is 2. The van der Waals surface area contributed by atoms with E-state index in [4.69, 9.17) is 0 Å². The van der Waals surface area contributed by atoms with Crippen LogP contribution in [-0.2, 0) is 0 Å². The van der Waals surface area contributed by atoms with Crippen molar-refractivity contribution in [3.63, 3.8) is 0 Å². The number of likely N-dealkylation sites (N-methyl/N-ethyl adjacent to an activating group) is 1. The lowest BCUT2D eigenvalue weighted by atomic mass is 10.0. The van der Waals surface area contributed by atoms with Gasteiger partial charge in [0.25, 0.3) is 5.91 Å². The number of allylic oxidation sites excluding steroid dienone is 2. The first kappa shape index (κ1) is 18.9. The standard InChI is InChI=1S/C18H17FN4O3S/c1-23(2)8-7-20-12-9-13(24)16-14(15(12)25)22-18(27-16)17(26)21-11-5-3-10(19)4-6-11/h3-6,9,20H,7-8H2,1-2H3,(H,21,26). The number of thiazole rings is 1. The van der Waals surface area contributed by atoms with Crippen LogP contribution in [0.15, 0.2) is 36.0 Å². The van der Waals surface area contributed by atoms with Crippen molar-refractivity contribution >= 4 is 34.5 Å². The van der Waals surface area contributed by atoms with Gasteiger partial charge in [-0.1, -0.05) is 0 Å². The monoisotopic (exact) mass is 388 g/mol. The predicted octanol–water partition coefficient (Wildman–Crippen LogP) is 1.95. The molecule has 0 spiro atoms. The fourth-order valence-electron chi connectivity index (χ4n) is 2.39. The Hall–Kier alpha value is -2.91. The maximum atomic E-state index is 12.9. The predicted molar refractivity (Wildman–Crippen MR) is 99.8 cm³/mol. The molecule has 1 aromatic carbocycles. The Morgan fingerprint density at radius 2 is 1.93 bits per heavy atom. The number of ketones is 2. The van der Waals surface area contributed by atoms with Crippen LogP contribution in [0, 0.1) is 5.82 Å². The number of aromatic nitrogens is 1. The summed E-state index contributed by atoms with van der Waals surface area (Å²) in [7, 11) is 3.79. The van der Waals surface area contributed by atoms with E-state index in [1.165, 1.54) is 30.3 Å². The molecule has 1 heterocycles. The van der Waals surface area contributed by atoms with Gasteiger partial charge in [0.15, 0.2) is 10.8 Å². The minimum Gasteiger partial charge on any atom is -0.380 e. The lowest BCUT2D eigenvalue weighted by Crippen LogP contribution is -2.31. The number of halogens is 1. The van der Waals surface area contributed by atoms with Crippen molar-refractivity contribution in [2.45, 2.75) is 0 Å². The average Bonchev–Trinajstić information content (AvgIpc) is 3.07. The second-order valence-electron chi connectivity index (χ2n) is 6.14. The molecule has 0 bridgehead atoms. The molecule has 1 amide bonds. The Balaban J connectivity index is 1.75. The van der Waals surface area contributed by atoms with Gasteiger partial charge in [0.2, 0.25) is 5.78 Å². The third kappa shape index (κ3) is 4.26. The Morgan fingerprint density at radius 3 is 2.59 bits per heavy atom. The van der Waals surface area contributed by atoms with E-state index < -0.39 is 17.5 Å². The maximum absolute atomic E-state index is 12.9. The van der Waals surface area contributed by atoms with Crippen molar-refractivity contribution < 1.29 is 18.8 Å². The third-order valence-corrected chi connectivity index (χ3v) is 4.83. The molecule has 1 aliphatic carbocycles. The van der Waals surface area contributed by atoms with Gasteiger partial charge in [-0.3, -0.25) is 14.4 Å². The molecule has 0 aliphatic heterocycles.